The second-order valence-corrected chi connectivity index (χ2v) is 5.07. The smallest absolute Gasteiger partial charge is 0.236 e. The Bertz CT molecular complexity index is 438. The molecule has 0 spiro atoms. The van der Waals surface area contributed by atoms with E-state index in [9.17, 15) is 8.42 Å². The zero-order chi connectivity index (χ0) is 12.0. The van der Waals surface area contributed by atoms with Crippen LogP contribution in [-0.2, 0) is 14.8 Å². The van der Waals surface area contributed by atoms with E-state index in [-0.39, 0.29) is 23.3 Å². The number of nitrogens with zero attached hydrogens (tertiary/aromatic N) is 2. The van der Waals surface area contributed by atoms with E-state index in [1.54, 1.807) is 6.92 Å². The summed E-state index contributed by atoms with van der Waals surface area (Å²) in [4.78, 5) is 7.47. The van der Waals surface area contributed by atoms with Crippen molar-refractivity contribution in [2.75, 3.05) is 23.7 Å². The molecule has 0 bridgehead atoms. The van der Waals surface area contributed by atoms with Gasteiger partial charge in [-0.1, -0.05) is 11.6 Å². The van der Waals surface area contributed by atoms with Crippen LogP contribution in [0.4, 0.5) is 5.82 Å². The number of ether oxygens (including phenoxy) is 1. The number of hydrogen-bond donors (Lipinski definition) is 1. The zero-order valence-electron chi connectivity index (χ0n) is 8.68. The molecule has 0 aliphatic rings. The summed E-state index contributed by atoms with van der Waals surface area (Å²) in [5, 5.41) is 0.130. The number of halogens is 1. The highest BCUT2D eigenvalue weighted by atomic mass is 35.5. The van der Waals surface area contributed by atoms with Crippen molar-refractivity contribution in [3.8, 4) is 0 Å². The molecular weight excluding hydrogens is 254 g/mol. The summed E-state index contributed by atoms with van der Waals surface area (Å²) in [7, 11) is -3.46. The molecule has 0 aliphatic carbocycles. The van der Waals surface area contributed by atoms with Gasteiger partial charge in [0.2, 0.25) is 10.0 Å². The van der Waals surface area contributed by atoms with Crippen LogP contribution in [0.5, 0.6) is 0 Å². The molecule has 0 saturated heterocycles. The summed E-state index contributed by atoms with van der Waals surface area (Å²) < 4.78 is 30.2. The fourth-order valence-electron chi connectivity index (χ4n) is 0.915. The summed E-state index contributed by atoms with van der Waals surface area (Å²) in [6.07, 6.45) is 2.60. The molecule has 0 aromatic carbocycles. The summed E-state index contributed by atoms with van der Waals surface area (Å²) in [6, 6.07) is 0. The maximum atomic E-state index is 11.5. The molecule has 1 N–H and O–H groups in total. The maximum absolute atomic E-state index is 11.5. The lowest BCUT2D eigenvalue weighted by Gasteiger charge is -2.06. The molecule has 1 aromatic heterocycles. The predicted octanol–water partition coefficient (Wildman–Crippen LogP) is 0.908. The Labute approximate surface area is 99.1 Å². The summed E-state index contributed by atoms with van der Waals surface area (Å²) in [5.74, 6) is -0.0290. The highest BCUT2D eigenvalue weighted by Crippen LogP contribution is 2.08. The van der Waals surface area contributed by atoms with Gasteiger partial charge in [0.25, 0.3) is 0 Å². The lowest BCUT2D eigenvalue weighted by Crippen LogP contribution is -2.20. The first kappa shape index (κ1) is 13.1. The number of sulfonamides is 1. The molecular formula is C8H12ClN3O3S. The van der Waals surface area contributed by atoms with Gasteiger partial charge in [0.15, 0.2) is 5.82 Å². The summed E-state index contributed by atoms with van der Waals surface area (Å²) in [5.41, 5.74) is 0. The number of nitrogens with one attached hydrogen (secondary N) is 1. The van der Waals surface area contributed by atoms with Gasteiger partial charge in [-0.15, -0.1) is 0 Å². The fraction of sp³-hybridized carbons (Fsp3) is 0.500. The van der Waals surface area contributed by atoms with Crippen LogP contribution in [0.3, 0.4) is 0 Å². The molecule has 0 aliphatic heterocycles. The van der Waals surface area contributed by atoms with Gasteiger partial charge < -0.3 is 4.74 Å². The molecule has 8 heteroatoms. The first-order chi connectivity index (χ1) is 7.53. The van der Waals surface area contributed by atoms with E-state index < -0.39 is 10.0 Å². The van der Waals surface area contributed by atoms with Gasteiger partial charge in [0, 0.05) is 6.61 Å². The van der Waals surface area contributed by atoms with Crippen LogP contribution < -0.4 is 4.72 Å². The van der Waals surface area contributed by atoms with Crippen molar-refractivity contribution in [2.24, 2.45) is 0 Å². The Hall–Kier alpha value is -0.920. The van der Waals surface area contributed by atoms with E-state index in [1.165, 1.54) is 12.4 Å². The molecule has 6 nitrogen and oxygen atoms in total. The largest absolute Gasteiger partial charge is 0.381 e. The van der Waals surface area contributed by atoms with Crippen LogP contribution in [0.15, 0.2) is 12.4 Å². The highest BCUT2D eigenvalue weighted by Gasteiger charge is 2.11. The van der Waals surface area contributed by atoms with Crippen LogP contribution in [0.2, 0.25) is 5.15 Å². The molecule has 0 atom stereocenters. The molecule has 0 saturated carbocycles. The Balaban J connectivity index is 2.59. The highest BCUT2D eigenvalue weighted by molar-refractivity contribution is 7.92. The molecule has 0 fully saturated rings. The number of hydrogen-bond acceptors (Lipinski definition) is 5. The van der Waals surface area contributed by atoms with Crippen molar-refractivity contribution in [3.05, 3.63) is 17.5 Å². The predicted molar refractivity (Wildman–Crippen MR) is 60.9 cm³/mol. The quantitative estimate of drug-likeness (QED) is 0.773. The van der Waals surface area contributed by atoms with Crippen molar-refractivity contribution in [2.45, 2.75) is 6.92 Å². The van der Waals surface area contributed by atoms with Crippen molar-refractivity contribution in [3.63, 3.8) is 0 Å². The first-order valence-corrected chi connectivity index (χ1v) is 6.62. The summed E-state index contributed by atoms with van der Waals surface area (Å²) in [6.45, 7) is 2.41. The SMILES string of the molecule is CCOCCS(=O)(=O)Nc1cncc(Cl)n1. The number of rotatable bonds is 6. The summed E-state index contributed by atoms with van der Waals surface area (Å²) >= 11 is 5.57. The van der Waals surface area contributed by atoms with E-state index >= 15 is 0 Å². The van der Waals surface area contributed by atoms with Crippen LogP contribution in [0.1, 0.15) is 6.92 Å². The molecule has 90 valence electrons. The Kier molecular flexibility index (Phi) is 4.91. The molecule has 1 rings (SSSR count). The third kappa shape index (κ3) is 4.73. The van der Waals surface area contributed by atoms with Gasteiger partial charge >= 0.3 is 0 Å². The Morgan fingerprint density at radius 2 is 2.25 bits per heavy atom. The normalized spacial score (nSPS) is 11.4. The van der Waals surface area contributed by atoms with Gasteiger partial charge in [-0.05, 0) is 6.92 Å². The number of aromatic nitrogens is 2. The van der Waals surface area contributed by atoms with Crippen molar-refractivity contribution in [1.29, 1.82) is 0 Å². The number of anilines is 1. The van der Waals surface area contributed by atoms with Crippen LogP contribution in [-0.4, -0.2) is 37.4 Å². The first-order valence-electron chi connectivity index (χ1n) is 4.59. The monoisotopic (exact) mass is 265 g/mol. The third-order valence-electron chi connectivity index (χ3n) is 1.57. The molecule has 0 radical (unpaired) electrons. The van der Waals surface area contributed by atoms with Crippen molar-refractivity contribution >= 4 is 27.4 Å². The second kappa shape index (κ2) is 5.97. The lowest BCUT2D eigenvalue weighted by molar-refractivity contribution is 0.163. The van der Waals surface area contributed by atoms with E-state index in [2.05, 4.69) is 14.7 Å². The van der Waals surface area contributed by atoms with Gasteiger partial charge in [-0.3, -0.25) is 9.71 Å². The van der Waals surface area contributed by atoms with Crippen molar-refractivity contribution < 1.29 is 13.2 Å². The van der Waals surface area contributed by atoms with E-state index in [0.717, 1.165) is 0 Å². The van der Waals surface area contributed by atoms with Crippen LogP contribution >= 0.6 is 11.6 Å². The average molecular weight is 266 g/mol. The van der Waals surface area contributed by atoms with Gasteiger partial charge in [0.1, 0.15) is 5.15 Å². The minimum atomic E-state index is -3.46. The van der Waals surface area contributed by atoms with Crippen molar-refractivity contribution in [1.82, 2.24) is 9.97 Å². The van der Waals surface area contributed by atoms with E-state index in [0.29, 0.717) is 6.61 Å². The fourth-order valence-corrected chi connectivity index (χ4v) is 1.92. The van der Waals surface area contributed by atoms with Crippen LogP contribution in [0, 0.1) is 0 Å². The third-order valence-corrected chi connectivity index (χ3v) is 2.97. The zero-order valence-corrected chi connectivity index (χ0v) is 10.3. The van der Waals surface area contributed by atoms with Crippen LogP contribution in [0.25, 0.3) is 0 Å². The average Bonchev–Trinajstić information content (AvgIpc) is 2.17. The Morgan fingerprint density at radius 1 is 1.50 bits per heavy atom. The molecule has 0 unspecified atom stereocenters. The standard InChI is InChI=1S/C8H12ClN3O3S/c1-2-15-3-4-16(13,14)12-8-6-10-5-7(9)11-8/h5-6H,2-4H2,1H3,(H,11,12). The van der Waals surface area contributed by atoms with Gasteiger partial charge in [-0.25, -0.2) is 13.4 Å². The lowest BCUT2D eigenvalue weighted by atomic mass is 10.7. The maximum Gasteiger partial charge on any atom is 0.236 e. The van der Waals surface area contributed by atoms with Gasteiger partial charge in [-0.2, -0.15) is 0 Å². The minimum Gasteiger partial charge on any atom is -0.381 e. The molecule has 1 heterocycles. The molecule has 0 amide bonds. The second-order valence-electron chi connectivity index (χ2n) is 2.84. The molecule has 16 heavy (non-hydrogen) atoms. The minimum absolute atomic E-state index is 0.101. The van der Waals surface area contributed by atoms with E-state index in [4.69, 9.17) is 16.3 Å². The van der Waals surface area contributed by atoms with E-state index in [1.807, 2.05) is 0 Å². The van der Waals surface area contributed by atoms with Gasteiger partial charge in [0.05, 0.1) is 24.8 Å². The molecule has 1 aromatic rings. The Morgan fingerprint density at radius 3 is 2.88 bits per heavy atom. The topological polar surface area (TPSA) is 81.2 Å².